The summed E-state index contributed by atoms with van der Waals surface area (Å²) >= 11 is 0. The predicted molar refractivity (Wildman–Crippen MR) is 83.3 cm³/mol. The van der Waals surface area contributed by atoms with E-state index in [0.29, 0.717) is 6.04 Å². The maximum atomic E-state index is 13.2. The van der Waals surface area contributed by atoms with Crippen LogP contribution in [0.5, 0.6) is 0 Å². The van der Waals surface area contributed by atoms with Gasteiger partial charge in [0, 0.05) is 6.04 Å². The molecule has 0 saturated heterocycles. The summed E-state index contributed by atoms with van der Waals surface area (Å²) in [6, 6.07) is 13.8. The fourth-order valence-electron chi connectivity index (χ4n) is 2.41. The van der Waals surface area contributed by atoms with E-state index in [1.165, 1.54) is 11.6 Å². The van der Waals surface area contributed by atoms with E-state index >= 15 is 0 Å². The second-order valence-electron chi connectivity index (χ2n) is 5.26. The summed E-state index contributed by atoms with van der Waals surface area (Å²) in [5.41, 5.74) is 4.47. The van der Waals surface area contributed by atoms with E-state index in [1.54, 1.807) is 6.07 Å². The third kappa shape index (κ3) is 3.45. The van der Waals surface area contributed by atoms with Crippen molar-refractivity contribution in [1.29, 1.82) is 0 Å². The molecule has 2 heteroatoms. The lowest BCUT2D eigenvalue weighted by Gasteiger charge is -2.15. The zero-order valence-corrected chi connectivity index (χ0v) is 12.4. The zero-order valence-electron chi connectivity index (χ0n) is 12.4. The molecular weight excluding hydrogens is 249 g/mol. The minimum absolute atomic E-state index is 0.180. The number of hydrogen-bond acceptors (Lipinski definition) is 1. The Hall–Kier alpha value is -1.67. The number of aryl methyl sites for hydroxylation is 1. The van der Waals surface area contributed by atoms with E-state index in [9.17, 15) is 4.39 Å². The molecule has 1 atom stereocenters. The average Bonchev–Trinajstić information content (AvgIpc) is 2.45. The van der Waals surface area contributed by atoms with E-state index in [0.717, 1.165) is 29.7 Å². The minimum Gasteiger partial charge on any atom is -0.310 e. The van der Waals surface area contributed by atoms with Crippen LogP contribution in [0.3, 0.4) is 0 Å². The van der Waals surface area contributed by atoms with Crippen molar-refractivity contribution in [3.63, 3.8) is 0 Å². The van der Waals surface area contributed by atoms with Crippen LogP contribution >= 0.6 is 0 Å². The summed E-state index contributed by atoms with van der Waals surface area (Å²) in [7, 11) is 0. The van der Waals surface area contributed by atoms with Crippen molar-refractivity contribution in [2.45, 2.75) is 33.2 Å². The molecule has 0 aliphatic rings. The highest BCUT2D eigenvalue weighted by molar-refractivity contribution is 5.67. The Bertz CT molecular complexity index is 577. The Kier molecular flexibility index (Phi) is 4.91. The van der Waals surface area contributed by atoms with Gasteiger partial charge in [-0.05, 0) is 67.3 Å². The lowest BCUT2D eigenvalue weighted by molar-refractivity contribution is 0.571. The molecule has 0 bridgehead atoms. The molecule has 1 unspecified atom stereocenters. The third-order valence-corrected chi connectivity index (χ3v) is 3.59. The molecule has 106 valence electrons. The van der Waals surface area contributed by atoms with Gasteiger partial charge in [-0.1, -0.05) is 31.2 Å². The van der Waals surface area contributed by atoms with Gasteiger partial charge in [-0.15, -0.1) is 0 Å². The van der Waals surface area contributed by atoms with Crippen molar-refractivity contribution in [3.05, 3.63) is 59.4 Å². The van der Waals surface area contributed by atoms with Crippen molar-refractivity contribution >= 4 is 0 Å². The summed E-state index contributed by atoms with van der Waals surface area (Å²) < 4.78 is 13.2. The molecule has 2 aromatic rings. The topological polar surface area (TPSA) is 12.0 Å². The highest BCUT2D eigenvalue weighted by Gasteiger charge is 2.07. The molecule has 2 rings (SSSR count). The average molecular weight is 271 g/mol. The van der Waals surface area contributed by atoms with Crippen LogP contribution < -0.4 is 5.32 Å². The minimum atomic E-state index is -0.180. The van der Waals surface area contributed by atoms with Gasteiger partial charge < -0.3 is 5.32 Å². The molecule has 20 heavy (non-hydrogen) atoms. The molecule has 0 aliphatic heterocycles. The summed E-state index contributed by atoms with van der Waals surface area (Å²) in [4.78, 5) is 0. The fraction of sp³-hybridized carbons (Fsp3) is 0.333. The smallest absolute Gasteiger partial charge is 0.123 e. The molecule has 1 nitrogen and oxygen atoms in total. The Labute approximate surface area is 120 Å². The van der Waals surface area contributed by atoms with Gasteiger partial charge in [-0.25, -0.2) is 4.39 Å². The molecule has 0 fully saturated rings. The first-order valence-corrected chi connectivity index (χ1v) is 7.21. The second kappa shape index (κ2) is 6.67. The van der Waals surface area contributed by atoms with E-state index in [-0.39, 0.29) is 5.82 Å². The molecule has 0 aliphatic carbocycles. The van der Waals surface area contributed by atoms with Gasteiger partial charge in [0.2, 0.25) is 0 Å². The number of hydrogen-bond donors (Lipinski definition) is 1. The van der Waals surface area contributed by atoms with Crippen molar-refractivity contribution < 1.29 is 4.39 Å². The van der Waals surface area contributed by atoms with Crippen molar-refractivity contribution in [2.75, 3.05) is 6.54 Å². The van der Waals surface area contributed by atoms with Crippen LogP contribution in [-0.2, 0) is 0 Å². The summed E-state index contributed by atoms with van der Waals surface area (Å²) in [5.74, 6) is -0.180. The molecule has 1 N–H and O–H groups in total. The SMILES string of the molecule is CCCNC(C)c1cccc(-c2ccc(F)cc2C)c1. The molecule has 0 radical (unpaired) electrons. The Morgan fingerprint density at radius 2 is 1.95 bits per heavy atom. The Morgan fingerprint density at radius 1 is 1.15 bits per heavy atom. The molecule has 0 spiro atoms. The van der Waals surface area contributed by atoms with E-state index in [4.69, 9.17) is 0 Å². The Morgan fingerprint density at radius 3 is 2.65 bits per heavy atom. The highest BCUT2D eigenvalue weighted by atomic mass is 19.1. The van der Waals surface area contributed by atoms with Crippen LogP contribution in [0.2, 0.25) is 0 Å². The van der Waals surface area contributed by atoms with Gasteiger partial charge in [0.15, 0.2) is 0 Å². The van der Waals surface area contributed by atoms with E-state index in [2.05, 4.69) is 43.4 Å². The van der Waals surface area contributed by atoms with Crippen molar-refractivity contribution in [2.24, 2.45) is 0 Å². The maximum Gasteiger partial charge on any atom is 0.123 e. The van der Waals surface area contributed by atoms with E-state index in [1.807, 2.05) is 13.0 Å². The number of rotatable bonds is 5. The first-order chi connectivity index (χ1) is 9.61. The van der Waals surface area contributed by atoms with Crippen LogP contribution in [0.4, 0.5) is 4.39 Å². The number of nitrogens with one attached hydrogen (secondary N) is 1. The third-order valence-electron chi connectivity index (χ3n) is 3.59. The van der Waals surface area contributed by atoms with Gasteiger partial charge >= 0.3 is 0 Å². The zero-order chi connectivity index (χ0) is 14.5. The molecule has 2 aromatic carbocycles. The monoisotopic (exact) mass is 271 g/mol. The summed E-state index contributed by atoms with van der Waals surface area (Å²) in [6.45, 7) is 7.30. The molecule has 0 aromatic heterocycles. The van der Waals surface area contributed by atoms with Crippen molar-refractivity contribution in [1.82, 2.24) is 5.32 Å². The highest BCUT2D eigenvalue weighted by Crippen LogP contribution is 2.26. The van der Waals surface area contributed by atoms with Crippen LogP contribution in [0, 0.1) is 12.7 Å². The molecule has 0 heterocycles. The first kappa shape index (κ1) is 14.7. The molecule has 0 amide bonds. The predicted octanol–water partition coefficient (Wildman–Crippen LogP) is 4.86. The standard InChI is InChI=1S/C18H22FN/c1-4-10-20-14(3)15-6-5-7-16(12-15)18-9-8-17(19)11-13(18)2/h5-9,11-12,14,20H,4,10H2,1-3H3. The maximum absolute atomic E-state index is 13.2. The lowest BCUT2D eigenvalue weighted by atomic mass is 9.97. The van der Waals surface area contributed by atoms with Gasteiger partial charge in [-0.2, -0.15) is 0 Å². The van der Waals surface area contributed by atoms with Gasteiger partial charge in [0.25, 0.3) is 0 Å². The van der Waals surface area contributed by atoms with Crippen molar-refractivity contribution in [3.8, 4) is 11.1 Å². The first-order valence-electron chi connectivity index (χ1n) is 7.21. The second-order valence-corrected chi connectivity index (χ2v) is 5.26. The van der Waals surface area contributed by atoms with Crippen LogP contribution in [-0.4, -0.2) is 6.54 Å². The fourth-order valence-corrected chi connectivity index (χ4v) is 2.41. The van der Waals surface area contributed by atoms with Crippen LogP contribution in [0.1, 0.15) is 37.4 Å². The summed E-state index contributed by atoms with van der Waals surface area (Å²) in [5, 5.41) is 3.49. The lowest BCUT2D eigenvalue weighted by Crippen LogP contribution is -2.19. The quantitative estimate of drug-likeness (QED) is 0.818. The van der Waals surface area contributed by atoms with Gasteiger partial charge in [0.1, 0.15) is 5.82 Å². The van der Waals surface area contributed by atoms with Crippen LogP contribution in [0.25, 0.3) is 11.1 Å². The number of benzene rings is 2. The molecule has 0 saturated carbocycles. The largest absolute Gasteiger partial charge is 0.310 e. The van der Waals surface area contributed by atoms with E-state index < -0.39 is 0 Å². The normalized spacial score (nSPS) is 12.4. The number of halogens is 1. The Balaban J connectivity index is 2.29. The summed E-state index contributed by atoms with van der Waals surface area (Å²) in [6.07, 6.45) is 1.13. The van der Waals surface area contributed by atoms with Gasteiger partial charge in [-0.3, -0.25) is 0 Å². The van der Waals surface area contributed by atoms with Gasteiger partial charge in [0.05, 0.1) is 0 Å². The molecular formula is C18H22FN. The van der Waals surface area contributed by atoms with Crippen LogP contribution in [0.15, 0.2) is 42.5 Å².